The van der Waals surface area contributed by atoms with Gasteiger partial charge in [-0.15, -0.1) is 0 Å². The highest BCUT2D eigenvalue weighted by atomic mass is 28.1. The molecule has 12 heavy (non-hydrogen) atoms. The number of epoxide rings is 1. The molecule has 0 N–H and O–H groups in total. The van der Waals surface area contributed by atoms with E-state index >= 15 is 0 Å². The van der Waals surface area contributed by atoms with E-state index in [1.54, 1.807) is 0 Å². The van der Waals surface area contributed by atoms with Crippen LogP contribution in [0.15, 0.2) is 0 Å². The van der Waals surface area contributed by atoms with Gasteiger partial charge < -0.3 is 4.74 Å². The van der Waals surface area contributed by atoms with E-state index in [9.17, 15) is 0 Å². The zero-order chi connectivity index (χ0) is 7.68. The van der Waals surface area contributed by atoms with Crippen molar-refractivity contribution in [3.8, 4) is 0 Å². The Morgan fingerprint density at radius 1 is 1.25 bits per heavy atom. The first kappa shape index (κ1) is 10.3. The van der Waals surface area contributed by atoms with Gasteiger partial charge in [-0.3, -0.25) is 0 Å². The van der Waals surface area contributed by atoms with Gasteiger partial charge in [0.05, 0.1) is 12.2 Å². The molecule has 0 aromatic heterocycles. The minimum atomic E-state index is 0. The highest BCUT2D eigenvalue weighted by Crippen LogP contribution is 2.40. The molecule has 0 aromatic carbocycles. The second-order valence-electron chi connectivity index (χ2n) is 3.89. The van der Waals surface area contributed by atoms with Crippen LogP contribution >= 0.6 is 0 Å². The molecule has 2 fully saturated rings. The lowest BCUT2D eigenvalue weighted by atomic mass is 9.86. The van der Waals surface area contributed by atoms with Crippen molar-refractivity contribution in [2.75, 3.05) is 0 Å². The maximum absolute atomic E-state index is 5.47. The second-order valence-corrected chi connectivity index (χ2v) is 3.89. The third-order valence-electron chi connectivity index (χ3n) is 2.98. The molecule has 1 heterocycles. The molecule has 1 aliphatic heterocycles. The Balaban J connectivity index is 0.000000720. The topological polar surface area (TPSA) is 12.5 Å². The summed E-state index contributed by atoms with van der Waals surface area (Å²) in [5, 5.41) is 0. The fourth-order valence-electron chi connectivity index (χ4n) is 2.18. The van der Waals surface area contributed by atoms with E-state index in [2.05, 4.69) is 6.92 Å². The lowest BCUT2D eigenvalue weighted by Crippen LogP contribution is -2.13. The molecule has 1 saturated heterocycles. The van der Waals surface area contributed by atoms with Crippen molar-refractivity contribution in [2.24, 2.45) is 5.92 Å². The molecule has 2 heteroatoms. The second kappa shape index (κ2) is 4.42. The van der Waals surface area contributed by atoms with E-state index in [0.29, 0.717) is 12.2 Å². The van der Waals surface area contributed by atoms with Crippen LogP contribution in [0, 0.1) is 12.8 Å². The average Bonchev–Trinajstić information content (AvgIpc) is 2.78. The fraction of sp³-hybridized carbons (Fsp3) is 0.900. The van der Waals surface area contributed by atoms with Crippen molar-refractivity contribution in [3.63, 3.8) is 0 Å². The Labute approximate surface area is 79.9 Å². The number of hydrogen-bond donors (Lipinski definition) is 0. The van der Waals surface area contributed by atoms with Crippen LogP contribution in [0.3, 0.4) is 0 Å². The maximum atomic E-state index is 5.47. The van der Waals surface area contributed by atoms with Crippen LogP contribution in [0.4, 0.5) is 0 Å². The molecule has 0 spiro atoms. The van der Waals surface area contributed by atoms with Gasteiger partial charge in [-0.05, 0) is 36.1 Å². The van der Waals surface area contributed by atoms with Crippen LogP contribution in [-0.2, 0) is 4.74 Å². The zero-order valence-corrected chi connectivity index (χ0v) is 7.09. The molecule has 0 aromatic rings. The molecule has 2 rings (SSSR count). The molecule has 71 valence electrons. The molecule has 1 nitrogen and oxygen atoms in total. The van der Waals surface area contributed by atoms with Gasteiger partial charge >= 0.3 is 0 Å². The SMILES string of the molecule is [CH2]CCCC1CCC2OC2C1.[SiH4]. The summed E-state index contributed by atoms with van der Waals surface area (Å²) in [4.78, 5) is 0. The van der Waals surface area contributed by atoms with Gasteiger partial charge in [-0.2, -0.15) is 0 Å². The van der Waals surface area contributed by atoms with E-state index < -0.39 is 0 Å². The molecule has 3 unspecified atom stereocenters. The first-order chi connectivity index (χ1) is 5.40. The number of unbranched alkanes of at least 4 members (excludes halogenated alkanes) is 1. The monoisotopic (exact) mass is 185 g/mol. The van der Waals surface area contributed by atoms with E-state index in [1.807, 2.05) is 0 Å². The van der Waals surface area contributed by atoms with E-state index in [0.717, 1.165) is 12.3 Å². The summed E-state index contributed by atoms with van der Waals surface area (Å²) in [6.07, 6.45) is 9.20. The van der Waals surface area contributed by atoms with Crippen molar-refractivity contribution >= 4 is 11.0 Å². The molecular weight excluding hydrogens is 164 g/mol. The maximum Gasteiger partial charge on any atom is 0.0844 e. The van der Waals surface area contributed by atoms with Crippen LogP contribution in [0.25, 0.3) is 0 Å². The number of rotatable bonds is 3. The van der Waals surface area contributed by atoms with Crippen LogP contribution in [0.1, 0.15) is 38.5 Å². The van der Waals surface area contributed by atoms with Gasteiger partial charge in [0.2, 0.25) is 0 Å². The van der Waals surface area contributed by atoms with Gasteiger partial charge in [-0.1, -0.05) is 26.2 Å². The summed E-state index contributed by atoms with van der Waals surface area (Å²) in [6.45, 7) is 3.87. The zero-order valence-electron chi connectivity index (χ0n) is 7.09. The van der Waals surface area contributed by atoms with Crippen molar-refractivity contribution < 1.29 is 4.74 Å². The van der Waals surface area contributed by atoms with Gasteiger partial charge in [0.25, 0.3) is 0 Å². The Bertz CT molecular complexity index is 138. The van der Waals surface area contributed by atoms with Crippen LogP contribution < -0.4 is 0 Å². The minimum absolute atomic E-state index is 0. The minimum Gasteiger partial charge on any atom is -0.370 e. The lowest BCUT2D eigenvalue weighted by molar-refractivity contribution is 0.347. The third kappa shape index (κ3) is 2.33. The fourth-order valence-corrected chi connectivity index (χ4v) is 2.18. The first-order valence-electron chi connectivity index (χ1n) is 4.85. The van der Waals surface area contributed by atoms with Crippen LogP contribution in [-0.4, -0.2) is 23.2 Å². The Hall–Kier alpha value is 0.177. The molecular formula is C10H21OSi. The summed E-state index contributed by atoms with van der Waals surface area (Å²) in [5.74, 6) is 0.959. The summed E-state index contributed by atoms with van der Waals surface area (Å²) >= 11 is 0. The van der Waals surface area contributed by atoms with Crippen LogP contribution in [0.2, 0.25) is 0 Å². The largest absolute Gasteiger partial charge is 0.370 e. The van der Waals surface area contributed by atoms with Crippen molar-refractivity contribution in [3.05, 3.63) is 6.92 Å². The quantitative estimate of drug-likeness (QED) is 0.474. The highest BCUT2D eigenvalue weighted by Gasteiger charge is 2.43. The number of fused-ring (bicyclic) bond motifs is 1. The lowest BCUT2D eigenvalue weighted by Gasteiger charge is -2.17. The Morgan fingerprint density at radius 3 is 2.75 bits per heavy atom. The Morgan fingerprint density at radius 2 is 2.08 bits per heavy atom. The molecule has 1 saturated carbocycles. The molecule has 1 radical (unpaired) electrons. The highest BCUT2D eigenvalue weighted by molar-refractivity contribution is 5.75. The summed E-state index contributed by atoms with van der Waals surface area (Å²) in [6, 6.07) is 0. The van der Waals surface area contributed by atoms with Gasteiger partial charge in [0.15, 0.2) is 0 Å². The predicted octanol–water partition coefficient (Wildman–Crippen LogP) is 1.11. The average molecular weight is 185 g/mol. The number of ether oxygens (including phenoxy) is 1. The molecule has 0 bridgehead atoms. The number of hydrogen-bond acceptors (Lipinski definition) is 1. The van der Waals surface area contributed by atoms with Crippen molar-refractivity contribution in [1.29, 1.82) is 0 Å². The van der Waals surface area contributed by atoms with E-state index in [1.165, 1.54) is 32.1 Å². The normalized spacial score (nSPS) is 38.2. The molecule has 1 aliphatic carbocycles. The summed E-state index contributed by atoms with van der Waals surface area (Å²) in [7, 11) is 0. The van der Waals surface area contributed by atoms with Crippen molar-refractivity contribution in [2.45, 2.75) is 50.7 Å². The van der Waals surface area contributed by atoms with Gasteiger partial charge in [-0.25, -0.2) is 0 Å². The Kier molecular flexibility index (Phi) is 3.78. The predicted molar refractivity (Wildman–Crippen MR) is 56.5 cm³/mol. The standard InChI is InChI=1S/C10H17O.H4Si/c1-2-3-4-8-5-6-9-10(7-8)11-9;/h8-10H,1-7H2;1H4. The summed E-state index contributed by atoms with van der Waals surface area (Å²) in [5.41, 5.74) is 0. The molecule has 3 atom stereocenters. The van der Waals surface area contributed by atoms with Crippen LogP contribution in [0.5, 0.6) is 0 Å². The van der Waals surface area contributed by atoms with E-state index in [-0.39, 0.29) is 11.0 Å². The first-order valence-corrected chi connectivity index (χ1v) is 4.85. The summed E-state index contributed by atoms with van der Waals surface area (Å²) < 4.78 is 5.47. The molecule has 2 aliphatic rings. The molecule has 0 amide bonds. The van der Waals surface area contributed by atoms with Gasteiger partial charge in [0, 0.05) is 0 Å². The van der Waals surface area contributed by atoms with Gasteiger partial charge in [0.1, 0.15) is 0 Å². The van der Waals surface area contributed by atoms with E-state index in [4.69, 9.17) is 4.74 Å². The smallest absolute Gasteiger partial charge is 0.0844 e. The third-order valence-corrected chi connectivity index (χ3v) is 2.98. The van der Waals surface area contributed by atoms with Crippen molar-refractivity contribution in [1.82, 2.24) is 0 Å².